The molecule has 0 atom stereocenters. The van der Waals surface area contributed by atoms with Gasteiger partial charge in [0.25, 0.3) is 0 Å². The first-order valence-corrected chi connectivity index (χ1v) is 8.77. The number of ether oxygens (including phenoxy) is 1. The van der Waals surface area contributed by atoms with E-state index in [0.29, 0.717) is 35.4 Å². The molecular formula is C17H21N7O2. The van der Waals surface area contributed by atoms with Crippen LogP contribution < -0.4 is 16.0 Å². The number of aromatic nitrogens is 4. The van der Waals surface area contributed by atoms with Crippen molar-refractivity contribution in [2.24, 2.45) is 5.92 Å². The Morgan fingerprint density at radius 1 is 1.19 bits per heavy atom. The molecule has 136 valence electrons. The number of carbonyl (C=O) groups excluding carboxylic acids is 1. The Morgan fingerprint density at radius 3 is 2.73 bits per heavy atom. The van der Waals surface area contributed by atoms with Crippen LogP contribution in [-0.2, 0) is 9.53 Å². The minimum Gasteiger partial charge on any atom is -0.381 e. The third-order valence-electron chi connectivity index (χ3n) is 4.79. The summed E-state index contributed by atoms with van der Waals surface area (Å²) in [5, 5.41) is 3.03. The molecule has 4 heterocycles. The molecular weight excluding hydrogens is 334 g/mol. The summed E-state index contributed by atoms with van der Waals surface area (Å²) < 4.78 is 5.41. The molecule has 26 heavy (non-hydrogen) atoms. The summed E-state index contributed by atoms with van der Waals surface area (Å²) in [6.07, 6.45) is 7.87. The van der Waals surface area contributed by atoms with Gasteiger partial charge in [-0.25, -0.2) is 19.9 Å². The zero-order valence-electron chi connectivity index (χ0n) is 14.4. The maximum Gasteiger partial charge on any atom is 0.247 e. The van der Waals surface area contributed by atoms with E-state index in [1.807, 2.05) is 0 Å². The normalized spacial score (nSPS) is 17.7. The van der Waals surface area contributed by atoms with E-state index in [1.165, 1.54) is 0 Å². The fourth-order valence-corrected chi connectivity index (χ4v) is 3.25. The number of nitrogens with one attached hydrogen (secondary N) is 1. The Morgan fingerprint density at radius 2 is 1.96 bits per heavy atom. The van der Waals surface area contributed by atoms with Gasteiger partial charge in [-0.15, -0.1) is 0 Å². The van der Waals surface area contributed by atoms with Crippen LogP contribution in [0, 0.1) is 5.92 Å². The van der Waals surface area contributed by atoms with Gasteiger partial charge in [-0.2, -0.15) is 0 Å². The average Bonchev–Trinajstić information content (AvgIpc) is 2.68. The van der Waals surface area contributed by atoms with Gasteiger partial charge in [-0.1, -0.05) is 0 Å². The van der Waals surface area contributed by atoms with Crippen LogP contribution in [0.1, 0.15) is 19.3 Å². The first-order valence-electron chi connectivity index (χ1n) is 8.77. The van der Waals surface area contributed by atoms with E-state index in [0.717, 1.165) is 32.5 Å². The van der Waals surface area contributed by atoms with Crippen LogP contribution in [0.4, 0.5) is 17.6 Å². The van der Waals surface area contributed by atoms with Crippen LogP contribution in [0.2, 0.25) is 0 Å². The fraction of sp³-hybridized carbons (Fsp3) is 0.471. The standard InChI is InChI=1S/C17H21N7O2/c18-17-21-7-12(8-22-17)13-9-19-15-16(23-13)24(14(25)10-20-15)4-1-11-2-5-26-6-3-11/h7-9,11H,1-6,10H2,(H,19,20)(H2,18,21,22). The number of nitrogens with two attached hydrogens (primary N) is 1. The number of hydrogen-bond acceptors (Lipinski definition) is 8. The van der Waals surface area contributed by atoms with Gasteiger partial charge in [0.05, 0.1) is 18.4 Å². The van der Waals surface area contributed by atoms with E-state index in [4.69, 9.17) is 10.5 Å². The molecule has 4 rings (SSSR count). The van der Waals surface area contributed by atoms with Crippen molar-refractivity contribution in [2.75, 3.05) is 42.3 Å². The van der Waals surface area contributed by atoms with Gasteiger partial charge in [0, 0.05) is 37.7 Å². The molecule has 2 aliphatic heterocycles. The minimum atomic E-state index is 0.00423. The van der Waals surface area contributed by atoms with Crippen molar-refractivity contribution in [3.63, 3.8) is 0 Å². The maximum atomic E-state index is 12.5. The summed E-state index contributed by atoms with van der Waals surface area (Å²) in [6, 6.07) is 0. The number of amides is 1. The predicted molar refractivity (Wildman–Crippen MR) is 96.5 cm³/mol. The van der Waals surface area contributed by atoms with Crippen molar-refractivity contribution in [1.29, 1.82) is 0 Å². The third kappa shape index (κ3) is 3.43. The third-order valence-corrected chi connectivity index (χ3v) is 4.79. The van der Waals surface area contributed by atoms with Crippen molar-refractivity contribution < 1.29 is 9.53 Å². The number of hydrogen-bond donors (Lipinski definition) is 2. The Labute approximate surface area is 151 Å². The Balaban J connectivity index is 1.57. The van der Waals surface area contributed by atoms with Crippen LogP contribution in [0.5, 0.6) is 0 Å². The number of nitrogen functional groups attached to an aromatic ring is 1. The zero-order chi connectivity index (χ0) is 17.9. The SMILES string of the molecule is Nc1ncc(-c2cnc3c(n2)N(CCC2CCOCC2)C(=O)CN3)cn1. The van der Waals surface area contributed by atoms with Crippen molar-refractivity contribution in [3.8, 4) is 11.3 Å². The van der Waals surface area contributed by atoms with Crippen molar-refractivity contribution in [1.82, 2.24) is 19.9 Å². The maximum absolute atomic E-state index is 12.5. The molecule has 0 unspecified atom stereocenters. The van der Waals surface area contributed by atoms with E-state index < -0.39 is 0 Å². The van der Waals surface area contributed by atoms with Crippen LogP contribution in [-0.4, -0.2) is 52.1 Å². The molecule has 0 aliphatic carbocycles. The summed E-state index contributed by atoms with van der Waals surface area (Å²) >= 11 is 0. The van der Waals surface area contributed by atoms with Gasteiger partial charge in [0.15, 0.2) is 11.6 Å². The Bertz CT molecular complexity index is 790. The molecule has 1 amide bonds. The molecule has 0 spiro atoms. The molecule has 2 aliphatic rings. The van der Waals surface area contributed by atoms with Gasteiger partial charge >= 0.3 is 0 Å². The highest BCUT2D eigenvalue weighted by atomic mass is 16.5. The monoisotopic (exact) mass is 355 g/mol. The summed E-state index contributed by atoms with van der Waals surface area (Å²) in [7, 11) is 0. The smallest absolute Gasteiger partial charge is 0.247 e. The molecule has 0 bridgehead atoms. The van der Waals surface area contributed by atoms with Gasteiger partial charge in [0.1, 0.15) is 0 Å². The summed E-state index contributed by atoms with van der Waals surface area (Å²) in [6.45, 7) is 2.48. The lowest BCUT2D eigenvalue weighted by atomic mass is 9.96. The molecule has 2 aromatic heterocycles. The zero-order valence-corrected chi connectivity index (χ0v) is 14.4. The summed E-state index contributed by atoms with van der Waals surface area (Å²) in [5.41, 5.74) is 6.85. The molecule has 1 saturated heterocycles. The van der Waals surface area contributed by atoms with E-state index in [1.54, 1.807) is 23.5 Å². The first kappa shape index (κ1) is 16.6. The van der Waals surface area contributed by atoms with Crippen LogP contribution in [0.25, 0.3) is 11.3 Å². The van der Waals surface area contributed by atoms with Crippen LogP contribution >= 0.6 is 0 Å². The summed E-state index contributed by atoms with van der Waals surface area (Å²) in [4.78, 5) is 31.2. The van der Waals surface area contributed by atoms with E-state index in [9.17, 15) is 4.79 Å². The molecule has 9 heteroatoms. The van der Waals surface area contributed by atoms with Crippen molar-refractivity contribution in [2.45, 2.75) is 19.3 Å². The van der Waals surface area contributed by atoms with Crippen LogP contribution in [0.3, 0.4) is 0 Å². The Kier molecular flexibility index (Phi) is 4.61. The number of carbonyl (C=O) groups is 1. The molecule has 0 aromatic carbocycles. The number of anilines is 3. The molecule has 9 nitrogen and oxygen atoms in total. The summed E-state index contributed by atoms with van der Waals surface area (Å²) in [5.74, 6) is 1.97. The van der Waals surface area contributed by atoms with Gasteiger partial charge in [-0.3, -0.25) is 9.69 Å². The largest absolute Gasteiger partial charge is 0.381 e. The first-order chi connectivity index (χ1) is 12.7. The van der Waals surface area contributed by atoms with Gasteiger partial charge < -0.3 is 15.8 Å². The average molecular weight is 355 g/mol. The van der Waals surface area contributed by atoms with Crippen molar-refractivity contribution in [3.05, 3.63) is 18.6 Å². The lowest BCUT2D eigenvalue weighted by Gasteiger charge is -2.30. The number of nitrogens with zero attached hydrogens (tertiary/aromatic N) is 5. The lowest BCUT2D eigenvalue weighted by Crippen LogP contribution is -2.42. The highest BCUT2D eigenvalue weighted by molar-refractivity contribution is 6.00. The van der Waals surface area contributed by atoms with Gasteiger partial charge in [-0.05, 0) is 25.2 Å². The van der Waals surface area contributed by atoms with Gasteiger partial charge in [0.2, 0.25) is 11.9 Å². The Hall–Kier alpha value is -2.81. The predicted octanol–water partition coefficient (Wildman–Crippen LogP) is 1.09. The van der Waals surface area contributed by atoms with E-state index >= 15 is 0 Å². The fourth-order valence-electron chi connectivity index (χ4n) is 3.25. The van der Waals surface area contributed by atoms with Crippen molar-refractivity contribution >= 4 is 23.5 Å². The number of fused-ring (bicyclic) bond motifs is 1. The second-order valence-corrected chi connectivity index (χ2v) is 6.50. The minimum absolute atomic E-state index is 0.00423. The highest BCUT2D eigenvalue weighted by Crippen LogP contribution is 2.29. The molecule has 0 saturated carbocycles. The van der Waals surface area contributed by atoms with Crippen LogP contribution in [0.15, 0.2) is 18.6 Å². The second-order valence-electron chi connectivity index (χ2n) is 6.50. The number of rotatable bonds is 4. The molecule has 3 N–H and O–H groups in total. The highest BCUT2D eigenvalue weighted by Gasteiger charge is 2.28. The molecule has 0 radical (unpaired) electrons. The molecule has 1 fully saturated rings. The lowest BCUT2D eigenvalue weighted by molar-refractivity contribution is -0.117. The molecule has 2 aromatic rings. The van der Waals surface area contributed by atoms with E-state index in [-0.39, 0.29) is 18.4 Å². The topological polar surface area (TPSA) is 119 Å². The quantitative estimate of drug-likeness (QED) is 0.836. The second kappa shape index (κ2) is 7.20. The van der Waals surface area contributed by atoms with E-state index in [2.05, 4.69) is 25.3 Å².